The number of phosphoric acid groups is 1. The van der Waals surface area contributed by atoms with Crippen molar-refractivity contribution in [2.45, 2.75) is 211 Å². The highest BCUT2D eigenvalue weighted by atomic mass is 31.2. The van der Waals surface area contributed by atoms with Crippen LogP contribution in [0.15, 0.2) is 24.3 Å². The van der Waals surface area contributed by atoms with Crippen molar-refractivity contribution < 1.29 is 67.6 Å². The summed E-state index contributed by atoms with van der Waals surface area (Å²) in [6.45, 7) is 2.32. The summed E-state index contributed by atoms with van der Waals surface area (Å²) >= 11 is 0. The number of unbranched alkanes of at least 4 members (excludes halogenated alkanes) is 16. The minimum absolute atomic E-state index is 0.0343. The Balaban J connectivity index is 2.49. The minimum Gasteiger partial charge on any atom is -0.480 e. The number of hydrogen-bond acceptors (Lipinski definition) is 13. The Morgan fingerprint density at radius 2 is 1.24 bits per heavy atom. The molecule has 16 heteroatoms. The Hall–Kier alpha value is -2.49. The van der Waals surface area contributed by atoms with E-state index in [1.807, 2.05) is 0 Å². The number of rotatable bonds is 40. The van der Waals surface area contributed by atoms with E-state index >= 15 is 0 Å². The second-order valence-electron chi connectivity index (χ2n) is 16.9. The topological polar surface area (TPSA) is 249 Å². The summed E-state index contributed by atoms with van der Waals surface area (Å²) in [5, 5.41) is 40.3. The van der Waals surface area contributed by atoms with Crippen molar-refractivity contribution in [3.8, 4) is 0 Å². The van der Waals surface area contributed by atoms with Crippen LogP contribution in [0, 0.1) is 11.8 Å². The fourth-order valence-electron chi connectivity index (χ4n) is 7.35. The summed E-state index contributed by atoms with van der Waals surface area (Å²) in [5.74, 6) is -3.83. The zero-order valence-corrected chi connectivity index (χ0v) is 38.7. The number of carboxylic acid groups (broad SMARTS) is 1. The molecule has 1 aliphatic carbocycles. The van der Waals surface area contributed by atoms with Gasteiger partial charge in [0.15, 0.2) is 6.10 Å². The molecule has 7 N–H and O–H groups in total. The first-order valence-corrected chi connectivity index (χ1v) is 25.0. The lowest BCUT2D eigenvalue weighted by Gasteiger charge is -2.21. The van der Waals surface area contributed by atoms with Gasteiger partial charge in [-0.3, -0.25) is 28.2 Å². The SMILES string of the molecule is CCCCCCCC/C=C\CCCCCCCCCC(=O)OC[C@H](COP(=O)(O)OC[C@H](N)C(=O)O)OC(=O)CCCCC(=O)C[C@@H]1[C@@H](/C=C/[C@@H](O)CCCCC)[C@H](O)C[C@@H]1O. The average molecular weight is 904 g/mol. The summed E-state index contributed by atoms with van der Waals surface area (Å²) in [7, 11) is -4.82. The predicted molar refractivity (Wildman–Crippen MR) is 238 cm³/mol. The molecule has 1 aliphatic rings. The highest BCUT2D eigenvalue weighted by Crippen LogP contribution is 2.43. The van der Waals surface area contributed by atoms with Crippen LogP contribution in [0.2, 0.25) is 0 Å². The predicted octanol–water partition coefficient (Wildman–Crippen LogP) is 8.18. The van der Waals surface area contributed by atoms with Crippen LogP contribution in [0.3, 0.4) is 0 Å². The first kappa shape index (κ1) is 57.5. The van der Waals surface area contributed by atoms with Crippen LogP contribution in [0.4, 0.5) is 0 Å². The Morgan fingerprint density at radius 1 is 0.710 bits per heavy atom. The van der Waals surface area contributed by atoms with E-state index in [-0.39, 0.29) is 44.3 Å². The monoisotopic (exact) mass is 904 g/mol. The molecular weight excluding hydrogens is 821 g/mol. The second-order valence-corrected chi connectivity index (χ2v) is 18.3. The highest BCUT2D eigenvalue weighted by molar-refractivity contribution is 7.47. The van der Waals surface area contributed by atoms with Crippen LogP contribution in [-0.2, 0) is 42.3 Å². The molecule has 0 aromatic rings. The van der Waals surface area contributed by atoms with Gasteiger partial charge in [-0.15, -0.1) is 0 Å². The van der Waals surface area contributed by atoms with Gasteiger partial charge in [0, 0.05) is 43.9 Å². The van der Waals surface area contributed by atoms with Crippen LogP contribution in [0.25, 0.3) is 0 Å². The van der Waals surface area contributed by atoms with Crippen LogP contribution in [0.5, 0.6) is 0 Å². The molecule has 0 bridgehead atoms. The molecule has 0 aromatic carbocycles. The van der Waals surface area contributed by atoms with E-state index in [1.54, 1.807) is 12.2 Å². The molecule has 0 saturated heterocycles. The Labute approximate surface area is 371 Å². The smallest absolute Gasteiger partial charge is 0.472 e. The third-order valence-electron chi connectivity index (χ3n) is 11.2. The number of esters is 2. The van der Waals surface area contributed by atoms with Crippen molar-refractivity contribution in [2.75, 3.05) is 19.8 Å². The Kier molecular flexibility index (Phi) is 33.2. The molecule has 0 aliphatic heterocycles. The minimum atomic E-state index is -4.82. The summed E-state index contributed by atoms with van der Waals surface area (Å²) in [6.07, 6.45) is 25.9. The zero-order valence-electron chi connectivity index (χ0n) is 37.8. The van der Waals surface area contributed by atoms with E-state index in [0.29, 0.717) is 19.3 Å². The van der Waals surface area contributed by atoms with E-state index in [1.165, 1.54) is 57.8 Å². The molecule has 1 rings (SSSR count). The third kappa shape index (κ3) is 29.8. The summed E-state index contributed by atoms with van der Waals surface area (Å²) in [6, 6.07) is -1.58. The number of ketones is 1. The maximum atomic E-state index is 12.9. The fourth-order valence-corrected chi connectivity index (χ4v) is 8.13. The molecule has 1 fully saturated rings. The molecule has 62 heavy (non-hydrogen) atoms. The van der Waals surface area contributed by atoms with Crippen LogP contribution < -0.4 is 5.73 Å². The maximum absolute atomic E-state index is 12.9. The van der Waals surface area contributed by atoms with Gasteiger partial charge >= 0.3 is 25.7 Å². The molecule has 0 aromatic heterocycles. The fraction of sp³-hybridized carbons (Fsp3) is 0.826. The van der Waals surface area contributed by atoms with Gasteiger partial charge in [0.05, 0.1) is 31.5 Å². The largest absolute Gasteiger partial charge is 0.480 e. The first-order valence-electron chi connectivity index (χ1n) is 23.5. The zero-order chi connectivity index (χ0) is 46.0. The van der Waals surface area contributed by atoms with Gasteiger partial charge in [-0.05, 0) is 51.4 Å². The molecule has 0 amide bonds. The number of hydrogen-bond donors (Lipinski definition) is 6. The number of nitrogens with two attached hydrogens (primary N) is 1. The summed E-state index contributed by atoms with van der Waals surface area (Å²) in [5.41, 5.74) is 5.33. The lowest BCUT2D eigenvalue weighted by molar-refractivity contribution is -0.161. The van der Waals surface area contributed by atoms with Gasteiger partial charge in [-0.25, -0.2) is 4.57 Å². The summed E-state index contributed by atoms with van der Waals surface area (Å²) < 4.78 is 32.6. The number of aliphatic carboxylic acids is 1. The number of phosphoric ester groups is 1. The Morgan fingerprint density at radius 3 is 1.87 bits per heavy atom. The van der Waals surface area contributed by atoms with Crippen molar-refractivity contribution >= 4 is 31.5 Å². The van der Waals surface area contributed by atoms with Crippen molar-refractivity contribution in [2.24, 2.45) is 17.6 Å². The number of carbonyl (C=O) groups excluding carboxylic acids is 3. The first-order chi connectivity index (χ1) is 29.7. The van der Waals surface area contributed by atoms with Crippen LogP contribution in [0.1, 0.15) is 181 Å². The standard InChI is InChI=1S/C46H82NO14P/c1-3-5-7-8-9-10-11-12-13-14-15-16-17-18-19-20-22-27-44(52)58-33-38(34-59-62(56,57)60-35-41(47)46(54)55)61-45(53)28-24-23-26-37(49)31-40-39(42(50)32-43(40)51)30-29-36(48)25-21-6-4-2/h12-13,29-30,36,38-43,48,50-51H,3-11,14-28,31-35,47H2,1-2H3,(H,54,55)(H,56,57)/b13-12-,30-29+/t36-,38+,39+,40+,41-,42+,43-/m0/s1. The van der Waals surface area contributed by atoms with E-state index in [0.717, 1.165) is 51.4 Å². The normalized spacial score (nSPS) is 20.3. The van der Waals surface area contributed by atoms with Crippen LogP contribution >= 0.6 is 7.82 Å². The number of carbonyl (C=O) groups is 4. The molecule has 0 heterocycles. The molecule has 1 saturated carbocycles. The molecule has 0 spiro atoms. The van der Waals surface area contributed by atoms with Crippen molar-refractivity contribution in [1.82, 2.24) is 0 Å². The quantitative estimate of drug-likeness (QED) is 0.0147. The van der Waals surface area contributed by atoms with Gasteiger partial charge in [0.1, 0.15) is 18.4 Å². The number of ether oxygens (including phenoxy) is 2. The number of aliphatic hydroxyl groups excluding tert-OH is 3. The van der Waals surface area contributed by atoms with Gasteiger partial charge in [0.25, 0.3) is 0 Å². The lowest BCUT2D eigenvalue weighted by atomic mass is 9.87. The van der Waals surface area contributed by atoms with Gasteiger partial charge in [0.2, 0.25) is 0 Å². The van der Waals surface area contributed by atoms with Gasteiger partial charge < -0.3 is 40.5 Å². The molecular formula is C46H82NO14P. The third-order valence-corrected chi connectivity index (χ3v) is 12.1. The maximum Gasteiger partial charge on any atom is 0.472 e. The second kappa shape index (κ2) is 35.8. The van der Waals surface area contributed by atoms with Crippen molar-refractivity contribution in [1.29, 1.82) is 0 Å². The van der Waals surface area contributed by atoms with Gasteiger partial charge in [-0.1, -0.05) is 122 Å². The van der Waals surface area contributed by atoms with E-state index in [9.17, 15) is 44.0 Å². The molecule has 0 radical (unpaired) electrons. The van der Waals surface area contributed by atoms with Crippen molar-refractivity contribution in [3.63, 3.8) is 0 Å². The van der Waals surface area contributed by atoms with Crippen LogP contribution in [-0.4, -0.2) is 99.3 Å². The number of Topliss-reactive ketones (excluding diaryl/α,β-unsaturated/α-hetero) is 1. The number of allylic oxidation sites excluding steroid dienone is 2. The van der Waals surface area contributed by atoms with E-state index in [4.69, 9.17) is 24.8 Å². The van der Waals surface area contributed by atoms with E-state index < -0.39 is 87.8 Å². The number of carboxylic acids is 1. The van der Waals surface area contributed by atoms with Crippen molar-refractivity contribution in [3.05, 3.63) is 24.3 Å². The molecule has 8 atom stereocenters. The van der Waals surface area contributed by atoms with E-state index in [2.05, 4.69) is 30.5 Å². The number of aliphatic hydroxyl groups is 3. The molecule has 15 nitrogen and oxygen atoms in total. The van der Waals surface area contributed by atoms with Gasteiger partial charge in [-0.2, -0.15) is 0 Å². The lowest BCUT2D eigenvalue weighted by Crippen LogP contribution is -2.34. The molecule has 360 valence electrons. The highest BCUT2D eigenvalue weighted by Gasteiger charge is 2.41. The molecule has 1 unspecified atom stereocenters. The average Bonchev–Trinajstić information content (AvgIpc) is 3.49. The summed E-state index contributed by atoms with van der Waals surface area (Å²) in [4.78, 5) is 59.2. The Bertz CT molecular complexity index is 1330.